The van der Waals surface area contributed by atoms with Crippen molar-refractivity contribution < 1.29 is 19.7 Å². The van der Waals surface area contributed by atoms with Crippen LogP contribution >= 0.6 is 0 Å². The number of aromatic nitrogens is 2. The summed E-state index contributed by atoms with van der Waals surface area (Å²) >= 11 is 0. The van der Waals surface area contributed by atoms with Gasteiger partial charge in [0.15, 0.2) is 5.82 Å². The van der Waals surface area contributed by atoms with Crippen LogP contribution < -0.4 is 10.6 Å². The molecule has 1 saturated heterocycles. The summed E-state index contributed by atoms with van der Waals surface area (Å²) in [6.45, 7) is 3.10. The van der Waals surface area contributed by atoms with Crippen molar-refractivity contribution in [3.8, 4) is 17.0 Å². The summed E-state index contributed by atoms with van der Waals surface area (Å²) in [4.78, 5) is 13.2. The van der Waals surface area contributed by atoms with Gasteiger partial charge in [-0.15, -0.1) is 10.2 Å². The molecule has 4 N–H and O–H groups in total. The normalized spacial score (nSPS) is 18.9. The third-order valence-corrected chi connectivity index (χ3v) is 5.11. The van der Waals surface area contributed by atoms with Gasteiger partial charge in [0.25, 0.3) is 0 Å². The maximum absolute atomic E-state index is 11.1. The van der Waals surface area contributed by atoms with Gasteiger partial charge in [0.1, 0.15) is 11.9 Å². The van der Waals surface area contributed by atoms with Crippen LogP contribution in [0, 0.1) is 0 Å². The second-order valence-corrected chi connectivity index (χ2v) is 7.28. The molecule has 1 fully saturated rings. The molecule has 2 heterocycles. The molecular formula is C22H22N4O4. The average molecular weight is 406 g/mol. The van der Waals surface area contributed by atoms with Crippen molar-refractivity contribution >= 4 is 17.5 Å². The van der Waals surface area contributed by atoms with Crippen molar-refractivity contribution in [2.24, 2.45) is 0 Å². The molecule has 0 aliphatic carbocycles. The van der Waals surface area contributed by atoms with Crippen LogP contribution in [0.4, 0.5) is 11.5 Å². The van der Waals surface area contributed by atoms with E-state index in [0.29, 0.717) is 35.9 Å². The van der Waals surface area contributed by atoms with E-state index >= 15 is 0 Å². The molecular weight excluding hydrogens is 384 g/mol. The van der Waals surface area contributed by atoms with Crippen molar-refractivity contribution in [1.29, 1.82) is 0 Å². The first-order valence-electron chi connectivity index (χ1n) is 9.57. The molecule has 1 aromatic heterocycles. The Bertz CT molecular complexity index is 1070. The van der Waals surface area contributed by atoms with Crippen LogP contribution in [0.1, 0.15) is 28.9 Å². The fourth-order valence-electron chi connectivity index (χ4n) is 3.64. The molecule has 0 unspecified atom stereocenters. The highest BCUT2D eigenvalue weighted by atomic mass is 16.5. The first kappa shape index (κ1) is 19.7. The number of aromatic carboxylic acids is 1. The van der Waals surface area contributed by atoms with E-state index < -0.39 is 5.97 Å². The Balaban J connectivity index is 1.64. The minimum atomic E-state index is -0.964. The lowest BCUT2D eigenvalue weighted by Crippen LogP contribution is -2.43. The van der Waals surface area contributed by atoms with Crippen LogP contribution in [-0.4, -0.2) is 45.6 Å². The number of rotatable bonds is 4. The van der Waals surface area contributed by atoms with Crippen LogP contribution in [0.25, 0.3) is 11.3 Å². The minimum Gasteiger partial charge on any atom is -0.507 e. The van der Waals surface area contributed by atoms with Crippen molar-refractivity contribution in [2.45, 2.75) is 19.1 Å². The number of phenolic OH excluding ortho intramolecular Hbond substituents is 1. The van der Waals surface area contributed by atoms with Crippen molar-refractivity contribution in [1.82, 2.24) is 10.2 Å². The molecule has 1 aliphatic heterocycles. The molecule has 8 nitrogen and oxygen atoms in total. The Morgan fingerprint density at radius 2 is 1.87 bits per heavy atom. The molecule has 0 spiro atoms. The highest BCUT2D eigenvalue weighted by molar-refractivity contribution is 5.87. The number of carboxylic acid groups (broad SMARTS) is 1. The topological polar surface area (TPSA) is 122 Å². The molecule has 30 heavy (non-hydrogen) atoms. The third kappa shape index (κ3) is 3.90. The lowest BCUT2D eigenvalue weighted by molar-refractivity contribution is -0.0173. The average Bonchev–Trinajstić information content (AvgIpc) is 2.74. The van der Waals surface area contributed by atoms with Crippen LogP contribution in [0.15, 0.2) is 54.6 Å². The van der Waals surface area contributed by atoms with E-state index in [-0.39, 0.29) is 23.5 Å². The van der Waals surface area contributed by atoms with Gasteiger partial charge in [-0.1, -0.05) is 24.3 Å². The van der Waals surface area contributed by atoms with E-state index in [0.717, 1.165) is 5.56 Å². The van der Waals surface area contributed by atoms with E-state index in [1.165, 1.54) is 0 Å². The Morgan fingerprint density at radius 1 is 1.13 bits per heavy atom. The standard InChI is InChI=1S/C22H22N4O4/c1-13-11-26(12-20(30-13)14-6-8-15(9-7-14)22(28)29)18-10-17(24-25-21(18)23)16-4-2-3-5-19(16)27/h2-10,13,20,27H,11-12H2,1H3,(H2,23,25)(H,28,29)/t13-,20-/m0/s1. The monoisotopic (exact) mass is 406 g/mol. The number of nitrogens with two attached hydrogens (primary N) is 1. The van der Waals surface area contributed by atoms with Gasteiger partial charge in [-0.05, 0) is 42.8 Å². The zero-order valence-corrected chi connectivity index (χ0v) is 16.4. The van der Waals surface area contributed by atoms with Gasteiger partial charge in [0.2, 0.25) is 0 Å². The highest BCUT2D eigenvalue weighted by Gasteiger charge is 2.28. The van der Waals surface area contributed by atoms with Gasteiger partial charge >= 0.3 is 5.97 Å². The summed E-state index contributed by atoms with van der Waals surface area (Å²) in [6.07, 6.45) is -0.332. The van der Waals surface area contributed by atoms with Crippen molar-refractivity contribution in [3.05, 3.63) is 65.7 Å². The number of hydrogen-bond acceptors (Lipinski definition) is 7. The molecule has 4 rings (SSSR count). The molecule has 2 aromatic carbocycles. The first-order valence-corrected chi connectivity index (χ1v) is 9.57. The van der Waals surface area contributed by atoms with Gasteiger partial charge in [0.05, 0.1) is 23.0 Å². The number of benzene rings is 2. The first-order chi connectivity index (χ1) is 14.4. The van der Waals surface area contributed by atoms with E-state index in [9.17, 15) is 9.90 Å². The maximum atomic E-state index is 11.1. The summed E-state index contributed by atoms with van der Waals surface area (Å²) < 4.78 is 6.09. The number of morpholine rings is 1. The Kier molecular flexibility index (Phi) is 5.24. The summed E-state index contributed by atoms with van der Waals surface area (Å²) in [5, 5.41) is 27.5. The number of anilines is 2. The van der Waals surface area contributed by atoms with E-state index in [1.807, 2.05) is 19.1 Å². The Labute approximate surface area is 173 Å². The Morgan fingerprint density at radius 3 is 2.57 bits per heavy atom. The quantitative estimate of drug-likeness (QED) is 0.604. The van der Waals surface area contributed by atoms with E-state index in [2.05, 4.69) is 15.1 Å². The molecule has 3 aromatic rings. The van der Waals surface area contributed by atoms with Crippen LogP contribution in [0.2, 0.25) is 0 Å². The lowest BCUT2D eigenvalue weighted by atomic mass is 10.0. The number of phenols is 1. The third-order valence-electron chi connectivity index (χ3n) is 5.11. The fourth-order valence-corrected chi connectivity index (χ4v) is 3.64. The maximum Gasteiger partial charge on any atom is 0.335 e. The largest absolute Gasteiger partial charge is 0.507 e. The number of nitrogen functional groups attached to an aromatic ring is 1. The second-order valence-electron chi connectivity index (χ2n) is 7.28. The lowest BCUT2D eigenvalue weighted by Gasteiger charge is -2.38. The minimum absolute atomic E-state index is 0.0796. The molecule has 0 saturated carbocycles. The van der Waals surface area contributed by atoms with Crippen LogP contribution in [0.5, 0.6) is 5.75 Å². The van der Waals surface area contributed by atoms with E-state index in [1.54, 1.807) is 42.5 Å². The van der Waals surface area contributed by atoms with E-state index in [4.69, 9.17) is 15.6 Å². The van der Waals surface area contributed by atoms with Gasteiger partial charge in [-0.2, -0.15) is 0 Å². The number of aromatic hydroxyl groups is 1. The zero-order chi connectivity index (χ0) is 21.3. The molecule has 0 amide bonds. The second kappa shape index (κ2) is 8.00. The van der Waals surface area contributed by atoms with Crippen molar-refractivity contribution in [3.63, 3.8) is 0 Å². The van der Waals surface area contributed by atoms with Gasteiger partial charge in [-0.3, -0.25) is 0 Å². The SMILES string of the molecule is C[C@H]1CN(c2cc(-c3ccccc3O)nnc2N)C[C@@H](c2ccc(C(=O)O)cc2)O1. The predicted molar refractivity (Wildman–Crippen MR) is 112 cm³/mol. The number of ether oxygens (including phenoxy) is 1. The van der Waals surface area contributed by atoms with Crippen molar-refractivity contribution in [2.75, 3.05) is 23.7 Å². The van der Waals surface area contributed by atoms with Gasteiger partial charge < -0.3 is 25.6 Å². The summed E-state index contributed by atoms with van der Waals surface area (Å²) in [5.74, 6) is -0.550. The number of hydrogen-bond donors (Lipinski definition) is 3. The molecule has 0 bridgehead atoms. The molecule has 2 atom stereocenters. The zero-order valence-electron chi connectivity index (χ0n) is 16.4. The fraction of sp³-hybridized carbons (Fsp3) is 0.227. The van der Waals surface area contributed by atoms with Gasteiger partial charge in [0, 0.05) is 18.7 Å². The molecule has 8 heteroatoms. The molecule has 0 radical (unpaired) electrons. The molecule has 154 valence electrons. The molecule has 1 aliphatic rings. The Hall–Kier alpha value is -3.65. The number of carboxylic acids is 1. The van der Waals surface area contributed by atoms with Gasteiger partial charge in [-0.25, -0.2) is 4.79 Å². The number of nitrogens with zero attached hydrogens (tertiary/aromatic N) is 3. The van der Waals surface area contributed by atoms with Crippen LogP contribution in [0.3, 0.4) is 0 Å². The summed E-state index contributed by atoms with van der Waals surface area (Å²) in [5.41, 5.74) is 9.07. The summed E-state index contributed by atoms with van der Waals surface area (Å²) in [6, 6.07) is 15.4. The highest BCUT2D eigenvalue weighted by Crippen LogP contribution is 2.34. The number of carbonyl (C=O) groups is 1. The summed E-state index contributed by atoms with van der Waals surface area (Å²) in [7, 11) is 0. The number of para-hydroxylation sites is 1. The van der Waals surface area contributed by atoms with Crippen LogP contribution in [-0.2, 0) is 4.74 Å². The predicted octanol–water partition coefficient (Wildman–Crippen LogP) is 3.10. The smallest absolute Gasteiger partial charge is 0.335 e.